The molecule has 0 aliphatic carbocycles. The molecule has 3 nitrogen and oxygen atoms in total. The molecule has 1 aliphatic heterocycles. The Morgan fingerprint density at radius 1 is 1.38 bits per heavy atom. The average molecular weight is 329 g/mol. The second-order valence-electron chi connectivity index (χ2n) is 6.85. The van der Waals surface area contributed by atoms with E-state index in [2.05, 4.69) is 18.3 Å². The van der Waals surface area contributed by atoms with Gasteiger partial charge in [0.05, 0.1) is 4.34 Å². The van der Waals surface area contributed by atoms with Crippen molar-refractivity contribution in [2.75, 3.05) is 13.1 Å². The Morgan fingerprint density at radius 3 is 2.48 bits per heavy atom. The van der Waals surface area contributed by atoms with Gasteiger partial charge in [-0.05, 0) is 31.9 Å². The summed E-state index contributed by atoms with van der Waals surface area (Å²) in [5.74, 6) is 0.263. The Labute approximate surface area is 136 Å². The molecule has 1 N–H and O–H groups in total. The minimum absolute atomic E-state index is 0.263. The van der Waals surface area contributed by atoms with Gasteiger partial charge in [-0.1, -0.05) is 32.4 Å². The molecular weight excluding hydrogens is 304 g/mol. The van der Waals surface area contributed by atoms with Gasteiger partial charge < -0.3 is 10.2 Å². The summed E-state index contributed by atoms with van der Waals surface area (Å²) >= 11 is 7.62. The topological polar surface area (TPSA) is 32.3 Å². The molecule has 1 amide bonds. The lowest BCUT2D eigenvalue weighted by Crippen LogP contribution is -2.48. The first-order valence-electron chi connectivity index (χ1n) is 7.58. The van der Waals surface area contributed by atoms with Gasteiger partial charge in [-0.25, -0.2) is 0 Å². The molecule has 0 spiro atoms. The molecule has 1 aliphatic rings. The Hall–Kier alpha value is -0.580. The van der Waals surface area contributed by atoms with Crippen LogP contribution in [0.25, 0.3) is 0 Å². The maximum Gasteiger partial charge on any atom is 0.227 e. The second-order valence-corrected chi connectivity index (χ2v) is 8.59. The predicted octanol–water partition coefficient (Wildman–Crippen LogP) is 4.09. The van der Waals surface area contributed by atoms with Gasteiger partial charge in [-0.3, -0.25) is 4.79 Å². The van der Waals surface area contributed by atoms with E-state index in [1.807, 2.05) is 31.7 Å². The van der Waals surface area contributed by atoms with Crippen molar-refractivity contribution in [1.29, 1.82) is 0 Å². The molecule has 1 fully saturated rings. The lowest BCUT2D eigenvalue weighted by molar-refractivity contribution is -0.140. The minimum atomic E-state index is -0.277. The van der Waals surface area contributed by atoms with Crippen LogP contribution in [-0.2, 0) is 4.79 Å². The van der Waals surface area contributed by atoms with Gasteiger partial charge in [0.1, 0.15) is 0 Å². The van der Waals surface area contributed by atoms with E-state index in [9.17, 15) is 4.79 Å². The molecule has 1 unspecified atom stereocenters. The van der Waals surface area contributed by atoms with E-state index in [0.717, 1.165) is 30.3 Å². The first-order valence-corrected chi connectivity index (χ1v) is 8.77. The highest BCUT2D eigenvalue weighted by Gasteiger charge is 2.30. The van der Waals surface area contributed by atoms with E-state index in [1.54, 1.807) is 11.3 Å². The SMILES string of the molecule is CC(NC1CCN(C(=O)C(C)(C)C)CC1)c1ccc(Cl)s1. The van der Waals surface area contributed by atoms with E-state index >= 15 is 0 Å². The standard InChI is InChI=1S/C16H25ClN2OS/c1-11(13-5-6-14(17)21-13)18-12-7-9-19(10-8-12)15(20)16(2,3)4/h5-6,11-12,18H,7-10H2,1-4H3. The summed E-state index contributed by atoms with van der Waals surface area (Å²) in [5.41, 5.74) is -0.277. The summed E-state index contributed by atoms with van der Waals surface area (Å²) in [7, 11) is 0. The maximum atomic E-state index is 12.3. The van der Waals surface area contributed by atoms with Gasteiger partial charge in [-0.2, -0.15) is 0 Å². The van der Waals surface area contributed by atoms with E-state index < -0.39 is 0 Å². The summed E-state index contributed by atoms with van der Waals surface area (Å²) < 4.78 is 0.837. The lowest BCUT2D eigenvalue weighted by atomic mass is 9.93. The van der Waals surface area contributed by atoms with Crippen LogP contribution in [0.3, 0.4) is 0 Å². The first kappa shape index (κ1) is 16.8. The number of carbonyl (C=O) groups is 1. The van der Waals surface area contributed by atoms with Crippen molar-refractivity contribution in [3.8, 4) is 0 Å². The summed E-state index contributed by atoms with van der Waals surface area (Å²) in [6, 6.07) is 4.83. The molecule has 0 radical (unpaired) electrons. The zero-order valence-corrected chi connectivity index (χ0v) is 14.9. The highest BCUT2D eigenvalue weighted by Crippen LogP contribution is 2.28. The third kappa shape index (κ3) is 4.44. The zero-order valence-electron chi connectivity index (χ0n) is 13.3. The van der Waals surface area contributed by atoms with Gasteiger partial charge in [0.2, 0.25) is 5.91 Å². The van der Waals surface area contributed by atoms with E-state index in [1.165, 1.54) is 4.88 Å². The second kappa shape index (κ2) is 6.67. The van der Waals surface area contributed by atoms with Crippen molar-refractivity contribution >= 4 is 28.8 Å². The molecule has 0 aromatic carbocycles. The van der Waals surface area contributed by atoms with Crippen molar-refractivity contribution in [2.24, 2.45) is 5.41 Å². The molecule has 1 saturated heterocycles. The van der Waals surface area contributed by atoms with E-state index in [0.29, 0.717) is 12.1 Å². The first-order chi connectivity index (χ1) is 9.77. The summed E-state index contributed by atoms with van der Waals surface area (Å²) in [4.78, 5) is 15.5. The molecule has 5 heteroatoms. The van der Waals surface area contributed by atoms with Gasteiger partial charge in [-0.15, -0.1) is 11.3 Å². The summed E-state index contributed by atoms with van der Waals surface area (Å²) in [5, 5.41) is 3.66. The minimum Gasteiger partial charge on any atom is -0.342 e. The van der Waals surface area contributed by atoms with Crippen molar-refractivity contribution < 1.29 is 4.79 Å². The highest BCUT2D eigenvalue weighted by molar-refractivity contribution is 7.16. The van der Waals surface area contributed by atoms with Crippen LogP contribution in [0.15, 0.2) is 12.1 Å². The number of rotatable bonds is 3. The summed E-state index contributed by atoms with van der Waals surface area (Å²) in [6.45, 7) is 9.85. The van der Waals surface area contributed by atoms with Crippen LogP contribution >= 0.6 is 22.9 Å². The zero-order chi connectivity index (χ0) is 15.6. The molecule has 21 heavy (non-hydrogen) atoms. The number of nitrogens with one attached hydrogen (secondary N) is 1. The van der Waals surface area contributed by atoms with Crippen LogP contribution in [0, 0.1) is 5.41 Å². The number of thiophene rings is 1. The molecule has 1 aromatic heterocycles. The fourth-order valence-electron chi connectivity index (χ4n) is 2.72. The molecule has 2 rings (SSSR count). The van der Waals surface area contributed by atoms with Crippen LogP contribution in [-0.4, -0.2) is 29.9 Å². The number of halogens is 1. The monoisotopic (exact) mass is 328 g/mol. The van der Waals surface area contributed by atoms with Crippen LogP contribution in [0.2, 0.25) is 4.34 Å². The Balaban J connectivity index is 1.83. The number of hydrogen-bond acceptors (Lipinski definition) is 3. The molecule has 0 bridgehead atoms. The summed E-state index contributed by atoms with van der Waals surface area (Å²) in [6.07, 6.45) is 2.04. The van der Waals surface area contributed by atoms with Gasteiger partial charge in [0, 0.05) is 35.5 Å². The third-order valence-corrected chi connectivity index (χ3v) is 5.34. The van der Waals surface area contributed by atoms with Crippen molar-refractivity contribution in [1.82, 2.24) is 10.2 Å². The predicted molar refractivity (Wildman–Crippen MR) is 89.9 cm³/mol. The van der Waals surface area contributed by atoms with Crippen LogP contribution in [0.1, 0.15) is 51.5 Å². The number of nitrogens with zero attached hydrogens (tertiary/aromatic N) is 1. The maximum absolute atomic E-state index is 12.3. The number of carbonyl (C=O) groups excluding carboxylic acids is 1. The molecule has 1 atom stereocenters. The Kier molecular flexibility index (Phi) is 5.33. The van der Waals surface area contributed by atoms with Gasteiger partial charge in [0.15, 0.2) is 0 Å². The quantitative estimate of drug-likeness (QED) is 0.906. The fourth-order valence-corrected chi connectivity index (χ4v) is 3.79. The van der Waals surface area contributed by atoms with Crippen LogP contribution in [0.5, 0.6) is 0 Å². The lowest BCUT2D eigenvalue weighted by Gasteiger charge is -2.36. The van der Waals surface area contributed by atoms with Gasteiger partial charge in [0.25, 0.3) is 0 Å². The number of hydrogen-bond donors (Lipinski definition) is 1. The molecule has 2 heterocycles. The number of piperidine rings is 1. The third-order valence-electron chi connectivity index (χ3n) is 3.93. The highest BCUT2D eigenvalue weighted by atomic mass is 35.5. The number of likely N-dealkylation sites (tertiary alicyclic amines) is 1. The van der Waals surface area contributed by atoms with Crippen LogP contribution < -0.4 is 5.32 Å². The van der Waals surface area contributed by atoms with E-state index in [-0.39, 0.29) is 11.3 Å². The van der Waals surface area contributed by atoms with Crippen molar-refractivity contribution in [2.45, 2.75) is 52.6 Å². The molecule has 118 valence electrons. The normalized spacial score (nSPS) is 18.8. The Morgan fingerprint density at radius 2 is 2.00 bits per heavy atom. The van der Waals surface area contributed by atoms with Crippen molar-refractivity contribution in [3.05, 3.63) is 21.3 Å². The average Bonchev–Trinajstić information content (AvgIpc) is 2.84. The van der Waals surface area contributed by atoms with Crippen molar-refractivity contribution in [3.63, 3.8) is 0 Å². The smallest absolute Gasteiger partial charge is 0.227 e. The van der Waals surface area contributed by atoms with Gasteiger partial charge >= 0.3 is 0 Å². The Bertz CT molecular complexity index is 487. The van der Waals surface area contributed by atoms with Crippen LogP contribution in [0.4, 0.5) is 0 Å². The fraction of sp³-hybridized carbons (Fsp3) is 0.688. The largest absolute Gasteiger partial charge is 0.342 e. The molecule has 1 aromatic rings. The van der Waals surface area contributed by atoms with E-state index in [4.69, 9.17) is 11.6 Å². The molecule has 0 saturated carbocycles. The number of amides is 1. The molecular formula is C16H25ClN2OS.